The molecule has 148 valence electrons. The number of aromatic nitrogens is 4. The number of H-pyrrole nitrogens is 1. The SMILES string of the molecule is CC(CO)Nc1nc(Oc2ccccc2F)nc2[nH]nc(-c3ccccc3Cl)c12. The second-order valence-electron chi connectivity index (χ2n) is 6.39. The molecule has 0 aliphatic heterocycles. The van der Waals surface area contributed by atoms with Crippen LogP contribution in [0.5, 0.6) is 11.8 Å². The van der Waals surface area contributed by atoms with Crippen LogP contribution in [0.3, 0.4) is 0 Å². The zero-order valence-electron chi connectivity index (χ0n) is 15.4. The molecule has 2 aromatic carbocycles. The van der Waals surface area contributed by atoms with E-state index in [1.807, 2.05) is 18.2 Å². The first kappa shape index (κ1) is 19.1. The second kappa shape index (κ2) is 8.02. The van der Waals surface area contributed by atoms with E-state index in [-0.39, 0.29) is 24.4 Å². The summed E-state index contributed by atoms with van der Waals surface area (Å²) in [5, 5.41) is 20.9. The number of rotatable bonds is 6. The highest BCUT2D eigenvalue weighted by Crippen LogP contribution is 2.36. The number of benzene rings is 2. The van der Waals surface area contributed by atoms with Crippen molar-refractivity contribution in [2.24, 2.45) is 0 Å². The van der Waals surface area contributed by atoms with Gasteiger partial charge in [-0.2, -0.15) is 15.1 Å². The van der Waals surface area contributed by atoms with Crippen molar-refractivity contribution in [1.82, 2.24) is 20.2 Å². The first-order valence-corrected chi connectivity index (χ1v) is 9.25. The van der Waals surface area contributed by atoms with Gasteiger partial charge in [-0.25, -0.2) is 4.39 Å². The molecule has 0 saturated heterocycles. The standard InChI is InChI=1S/C20H17ClFN5O2/c1-11(10-28)23-18-16-17(12-6-2-3-7-13(12)21)26-27-19(16)25-20(24-18)29-15-9-5-4-8-14(15)22/h2-9,11,28H,10H2,1H3,(H2,23,24,25,26,27). The fraction of sp³-hybridized carbons (Fsp3) is 0.150. The molecule has 2 aromatic heterocycles. The molecule has 0 fully saturated rings. The van der Waals surface area contributed by atoms with Crippen LogP contribution in [0.25, 0.3) is 22.3 Å². The predicted octanol–water partition coefficient (Wildman–Crippen LogP) is 4.40. The van der Waals surface area contributed by atoms with Crippen molar-refractivity contribution in [1.29, 1.82) is 0 Å². The lowest BCUT2D eigenvalue weighted by atomic mass is 10.1. The molecule has 0 radical (unpaired) electrons. The first-order chi connectivity index (χ1) is 14.1. The minimum Gasteiger partial charge on any atom is -0.421 e. The number of nitrogens with zero attached hydrogens (tertiary/aromatic N) is 3. The van der Waals surface area contributed by atoms with Gasteiger partial charge in [0.25, 0.3) is 0 Å². The molecule has 0 bridgehead atoms. The smallest absolute Gasteiger partial charge is 0.326 e. The number of nitrogens with one attached hydrogen (secondary N) is 2. The van der Waals surface area contributed by atoms with E-state index < -0.39 is 5.82 Å². The number of hydrogen-bond acceptors (Lipinski definition) is 6. The van der Waals surface area contributed by atoms with Crippen LogP contribution in [-0.2, 0) is 0 Å². The van der Waals surface area contributed by atoms with Crippen LogP contribution in [0.4, 0.5) is 10.2 Å². The Kier molecular flexibility index (Phi) is 5.28. The number of ether oxygens (including phenoxy) is 1. The minimum atomic E-state index is -0.532. The van der Waals surface area contributed by atoms with Crippen molar-refractivity contribution in [3.8, 4) is 23.0 Å². The lowest BCUT2D eigenvalue weighted by Crippen LogP contribution is -2.20. The van der Waals surface area contributed by atoms with Crippen LogP contribution < -0.4 is 10.1 Å². The van der Waals surface area contributed by atoms with Crippen molar-refractivity contribution in [2.45, 2.75) is 13.0 Å². The number of halogens is 2. The molecule has 7 nitrogen and oxygen atoms in total. The van der Waals surface area contributed by atoms with Crippen molar-refractivity contribution in [3.05, 3.63) is 59.4 Å². The maximum Gasteiger partial charge on any atom is 0.326 e. The van der Waals surface area contributed by atoms with Gasteiger partial charge >= 0.3 is 6.01 Å². The van der Waals surface area contributed by atoms with Crippen molar-refractivity contribution < 1.29 is 14.2 Å². The molecule has 9 heteroatoms. The Morgan fingerprint density at radius 1 is 1.17 bits per heavy atom. The number of aliphatic hydroxyl groups is 1. The summed E-state index contributed by atoms with van der Waals surface area (Å²) in [5.74, 6) is -0.152. The maximum atomic E-state index is 14.0. The molecule has 0 aliphatic carbocycles. The number of fused-ring (bicyclic) bond motifs is 1. The van der Waals surface area contributed by atoms with Gasteiger partial charge in [0.2, 0.25) is 0 Å². The number of aromatic amines is 1. The quantitative estimate of drug-likeness (QED) is 0.433. The minimum absolute atomic E-state index is 0.00107. The highest BCUT2D eigenvalue weighted by Gasteiger charge is 2.20. The number of hydrogen-bond donors (Lipinski definition) is 3. The molecule has 29 heavy (non-hydrogen) atoms. The first-order valence-electron chi connectivity index (χ1n) is 8.87. The zero-order valence-corrected chi connectivity index (χ0v) is 16.1. The van der Waals surface area contributed by atoms with Gasteiger partial charge < -0.3 is 15.2 Å². The monoisotopic (exact) mass is 413 g/mol. The third-order valence-corrected chi connectivity index (χ3v) is 4.55. The lowest BCUT2D eigenvalue weighted by molar-refractivity contribution is 0.281. The molecule has 2 heterocycles. The summed E-state index contributed by atoms with van der Waals surface area (Å²) in [6.45, 7) is 1.68. The van der Waals surface area contributed by atoms with E-state index in [9.17, 15) is 9.50 Å². The Hall–Kier alpha value is -3.23. The summed E-state index contributed by atoms with van der Waals surface area (Å²) in [5.41, 5.74) is 1.64. The van der Waals surface area contributed by atoms with E-state index in [1.165, 1.54) is 12.1 Å². The third-order valence-electron chi connectivity index (χ3n) is 4.22. The average Bonchev–Trinajstić information content (AvgIpc) is 3.14. The van der Waals surface area contributed by atoms with Crippen LogP contribution >= 0.6 is 11.6 Å². The third kappa shape index (κ3) is 3.85. The van der Waals surface area contributed by atoms with Crippen LogP contribution in [0.2, 0.25) is 5.02 Å². The second-order valence-corrected chi connectivity index (χ2v) is 6.80. The van der Waals surface area contributed by atoms with Crippen molar-refractivity contribution >= 4 is 28.5 Å². The Morgan fingerprint density at radius 2 is 1.93 bits per heavy atom. The largest absolute Gasteiger partial charge is 0.421 e. The molecule has 4 rings (SSSR count). The van der Waals surface area contributed by atoms with Gasteiger partial charge in [0.1, 0.15) is 11.5 Å². The Balaban J connectivity index is 1.85. The summed E-state index contributed by atoms with van der Waals surface area (Å²) in [4.78, 5) is 8.71. The van der Waals surface area contributed by atoms with E-state index in [0.29, 0.717) is 33.1 Å². The van der Waals surface area contributed by atoms with Crippen LogP contribution in [0, 0.1) is 5.82 Å². The number of para-hydroxylation sites is 1. The summed E-state index contributed by atoms with van der Waals surface area (Å²) in [6, 6.07) is 12.9. The summed E-state index contributed by atoms with van der Waals surface area (Å²) in [7, 11) is 0. The summed E-state index contributed by atoms with van der Waals surface area (Å²) < 4.78 is 19.5. The van der Waals surface area contributed by atoms with Crippen molar-refractivity contribution in [3.63, 3.8) is 0 Å². The topological polar surface area (TPSA) is 96.0 Å². The van der Waals surface area contributed by atoms with Gasteiger partial charge in [-0.05, 0) is 25.1 Å². The van der Waals surface area contributed by atoms with E-state index in [0.717, 1.165) is 0 Å². The normalized spacial score (nSPS) is 12.1. The maximum absolute atomic E-state index is 14.0. The van der Waals surface area contributed by atoms with Gasteiger partial charge in [0.15, 0.2) is 17.2 Å². The van der Waals surface area contributed by atoms with Gasteiger partial charge in [-0.1, -0.05) is 41.9 Å². The van der Waals surface area contributed by atoms with E-state index in [1.54, 1.807) is 25.1 Å². The highest BCUT2D eigenvalue weighted by molar-refractivity contribution is 6.33. The van der Waals surface area contributed by atoms with Gasteiger partial charge in [-0.15, -0.1) is 0 Å². The van der Waals surface area contributed by atoms with E-state index in [4.69, 9.17) is 16.3 Å². The molecule has 0 saturated carbocycles. The van der Waals surface area contributed by atoms with Crippen LogP contribution in [0.1, 0.15) is 6.92 Å². The molecule has 3 N–H and O–H groups in total. The lowest BCUT2D eigenvalue weighted by Gasteiger charge is -2.14. The summed E-state index contributed by atoms with van der Waals surface area (Å²) >= 11 is 6.34. The Bertz CT molecular complexity index is 1170. The fourth-order valence-corrected chi connectivity index (χ4v) is 3.04. The van der Waals surface area contributed by atoms with Gasteiger partial charge in [0.05, 0.1) is 17.0 Å². The molecule has 1 unspecified atom stereocenters. The van der Waals surface area contributed by atoms with E-state index >= 15 is 0 Å². The van der Waals surface area contributed by atoms with Gasteiger partial charge in [0, 0.05) is 11.6 Å². The zero-order chi connectivity index (χ0) is 20.4. The summed E-state index contributed by atoms with van der Waals surface area (Å²) in [6.07, 6.45) is 0. The highest BCUT2D eigenvalue weighted by atomic mass is 35.5. The molecular weight excluding hydrogens is 397 g/mol. The molecule has 4 aromatic rings. The molecular formula is C20H17ClFN5O2. The number of anilines is 1. The molecule has 1 atom stereocenters. The van der Waals surface area contributed by atoms with Gasteiger partial charge in [-0.3, -0.25) is 5.10 Å². The predicted molar refractivity (Wildman–Crippen MR) is 109 cm³/mol. The van der Waals surface area contributed by atoms with Crippen LogP contribution in [-0.4, -0.2) is 37.9 Å². The average molecular weight is 414 g/mol. The molecule has 0 amide bonds. The van der Waals surface area contributed by atoms with E-state index in [2.05, 4.69) is 25.5 Å². The Labute approximate surface area is 170 Å². The molecule has 0 spiro atoms. The molecule has 0 aliphatic rings. The fourth-order valence-electron chi connectivity index (χ4n) is 2.81. The van der Waals surface area contributed by atoms with Crippen LogP contribution in [0.15, 0.2) is 48.5 Å². The van der Waals surface area contributed by atoms with Crippen molar-refractivity contribution in [2.75, 3.05) is 11.9 Å². The Morgan fingerprint density at radius 3 is 2.69 bits per heavy atom. The number of aliphatic hydroxyl groups excluding tert-OH is 1.